The number of alkyl halides is 3. The summed E-state index contributed by atoms with van der Waals surface area (Å²) in [5.74, 6) is 1.22. The molecule has 0 amide bonds. The number of rotatable bonds is 6. The molecule has 0 spiro atoms. The number of aromatic nitrogens is 1. The first-order chi connectivity index (χ1) is 16.2. The third-order valence-corrected chi connectivity index (χ3v) is 6.70. The van der Waals surface area contributed by atoms with E-state index in [-0.39, 0.29) is 12.1 Å². The second-order valence-corrected chi connectivity index (χ2v) is 8.96. The molecule has 34 heavy (non-hydrogen) atoms. The van der Waals surface area contributed by atoms with Gasteiger partial charge < -0.3 is 14.4 Å². The molecule has 0 N–H and O–H groups in total. The lowest BCUT2D eigenvalue weighted by atomic mass is 9.95. The van der Waals surface area contributed by atoms with Crippen LogP contribution in [0.1, 0.15) is 33.1 Å². The Labute approximate surface area is 202 Å². The van der Waals surface area contributed by atoms with Gasteiger partial charge in [-0.25, -0.2) is 0 Å². The van der Waals surface area contributed by atoms with Crippen molar-refractivity contribution in [3.8, 4) is 11.6 Å². The Morgan fingerprint density at radius 3 is 2.35 bits per heavy atom. The third-order valence-electron chi connectivity index (χ3n) is 6.40. The Balaban J connectivity index is 1.38. The van der Waals surface area contributed by atoms with E-state index in [1.54, 1.807) is 50.4 Å². The Bertz CT molecular complexity index is 1020. The van der Waals surface area contributed by atoms with Crippen LogP contribution in [0.4, 0.5) is 24.7 Å². The second-order valence-electron chi connectivity index (χ2n) is 8.55. The second kappa shape index (κ2) is 9.90. The van der Waals surface area contributed by atoms with Crippen LogP contribution in [0.15, 0.2) is 41.5 Å². The molecule has 3 heterocycles. The summed E-state index contributed by atoms with van der Waals surface area (Å²) in [5, 5.41) is 5.98. The van der Waals surface area contributed by atoms with Gasteiger partial charge in [-0.2, -0.15) is 23.3 Å². The average Bonchev–Trinajstić information content (AvgIpc) is 3.17. The summed E-state index contributed by atoms with van der Waals surface area (Å²) in [7, 11) is 1.57. The fraction of sp³-hybridized carbons (Fsp3) is 0.500. The highest BCUT2D eigenvalue weighted by molar-refractivity contribution is 6.33. The van der Waals surface area contributed by atoms with Gasteiger partial charge in [-0.15, -0.1) is 0 Å². The summed E-state index contributed by atoms with van der Waals surface area (Å²) in [6, 6.07) is 10.3. The molecule has 2 atom stereocenters. The first-order valence-corrected chi connectivity index (χ1v) is 11.8. The van der Waals surface area contributed by atoms with Crippen molar-refractivity contribution in [1.82, 2.24) is 4.98 Å². The zero-order valence-corrected chi connectivity index (χ0v) is 20.1. The number of ether oxygens (including phenoxy) is 2. The van der Waals surface area contributed by atoms with E-state index in [9.17, 15) is 13.2 Å². The number of piperidine rings is 1. The van der Waals surface area contributed by atoms with Crippen molar-refractivity contribution in [3.05, 3.63) is 41.4 Å². The van der Waals surface area contributed by atoms with E-state index in [4.69, 9.17) is 21.1 Å². The number of anilines is 2. The van der Waals surface area contributed by atoms with E-state index in [2.05, 4.69) is 15.0 Å². The van der Waals surface area contributed by atoms with Gasteiger partial charge in [-0.05, 0) is 36.8 Å². The highest BCUT2D eigenvalue weighted by atomic mass is 35.5. The number of halogens is 4. The molecule has 0 radical (unpaired) electrons. The summed E-state index contributed by atoms with van der Waals surface area (Å²) in [6.45, 7) is 4.93. The van der Waals surface area contributed by atoms with Crippen molar-refractivity contribution >= 4 is 28.8 Å². The fourth-order valence-corrected chi connectivity index (χ4v) is 4.80. The standard InChI is InChI=1S/C24H28ClF3N4O2/c1-4-20-15(2)22(24(26,27)28)30-32(20)16-5-7-17(8-6-16)34-18-11-13-31(14-12-18)23-19(25)9-10-21(29-23)33-3/h5-10,15,18,20H,4,11-14H2,1-3H3/t15?,20-/m0/s1. The lowest BCUT2D eigenvalue weighted by molar-refractivity contribution is -0.0620. The Kier molecular flexibility index (Phi) is 7.12. The highest BCUT2D eigenvalue weighted by Gasteiger charge is 2.47. The van der Waals surface area contributed by atoms with Gasteiger partial charge in [0.15, 0.2) is 5.82 Å². The summed E-state index contributed by atoms with van der Waals surface area (Å²) in [4.78, 5) is 6.57. The molecule has 0 bridgehead atoms. The highest BCUT2D eigenvalue weighted by Crippen LogP contribution is 2.37. The maximum absolute atomic E-state index is 13.3. The van der Waals surface area contributed by atoms with E-state index >= 15 is 0 Å². The molecule has 1 aromatic heterocycles. The zero-order chi connectivity index (χ0) is 24.5. The minimum absolute atomic E-state index is 0.0246. The molecule has 184 valence electrons. The van der Waals surface area contributed by atoms with Gasteiger partial charge in [-0.1, -0.05) is 25.4 Å². The molecule has 10 heteroatoms. The number of methoxy groups -OCH3 is 1. The Morgan fingerprint density at radius 2 is 1.76 bits per heavy atom. The molecule has 2 aromatic rings. The predicted octanol–water partition coefficient (Wildman–Crippen LogP) is 5.94. The monoisotopic (exact) mass is 496 g/mol. The number of nitrogens with zero attached hydrogens (tertiary/aromatic N) is 4. The number of pyridine rings is 1. The molecule has 4 rings (SSSR count). The van der Waals surface area contributed by atoms with Crippen LogP contribution in [0.25, 0.3) is 0 Å². The van der Waals surface area contributed by atoms with Crippen molar-refractivity contribution in [2.75, 3.05) is 30.1 Å². The summed E-state index contributed by atoms with van der Waals surface area (Å²) in [6.07, 6.45) is -2.26. The van der Waals surface area contributed by atoms with Crippen LogP contribution >= 0.6 is 11.6 Å². The molecule has 0 saturated carbocycles. The summed E-state index contributed by atoms with van der Waals surface area (Å²) < 4.78 is 51.3. The van der Waals surface area contributed by atoms with Gasteiger partial charge in [0.1, 0.15) is 17.6 Å². The van der Waals surface area contributed by atoms with Crippen molar-refractivity contribution in [1.29, 1.82) is 0 Å². The molecular weight excluding hydrogens is 469 g/mol. The lowest BCUT2D eigenvalue weighted by Gasteiger charge is -2.33. The normalized spacial score (nSPS) is 21.6. The molecule has 2 aliphatic rings. The molecular formula is C24H28ClF3N4O2. The molecule has 0 aliphatic carbocycles. The fourth-order valence-electron chi connectivity index (χ4n) is 4.57. The van der Waals surface area contributed by atoms with E-state index in [0.717, 1.165) is 25.9 Å². The van der Waals surface area contributed by atoms with Gasteiger partial charge in [0.2, 0.25) is 5.88 Å². The average molecular weight is 497 g/mol. The van der Waals surface area contributed by atoms with Gasteiger partial charge in [0.25, 0.3) is 0 Å². The molecule has 1 aromatic carbocycles. The largest absolute Gasteiger partial charge is 0.490 e. The van der Waals surface area contributed by atoms with Crippen LogP contribution in [0.2, 0.25) is 5.02 Å². The summed E-state index contributed by atoms with van der Waals surface area (Å²) in [5.41, 5.74) is -0.101. The Hall–Kier alpha value is -2.68. The van der Waals surface area contributed by atoms with Crippen LogP contribution in [-0.4, -0.2) is 49.2 Å². The molecule has 1 unspecified atom stereocenters. The van der Waals surface area contributed by atoms with Crippen LogP contribution in [0.5, 0.6) is 11.6 Å². The third kappa shape index (κ3) is 5.04. The number of hydrogen-bond donors (Lipinski definition) is 0. The first-order valence-electron chi connectivity index (χ1n) is 11.4. The minimum atomic E-state index is -4.43. The maximum atomic E-state index is 13.3. The topological polar surface area (TPSA) is 50.2 Å². The van der Waals surface area contributed by atoms with Crippen molar-refractivity contribution < 1.29 is 22.6 Å². The van der Waals surface area contributed by atoms with Crippen LogP contribution < -0.4 is 19.4 Å². The van der Waals surface area contributed by atoms with Crippen LogP contribution in [-0.2, 0) is 0 Å². The zero-order valence-electron chi connectivity index (χ0n) is 19.3. The number of hydrogen-bond acceptors (Lipinski definition) is 6. The molecule has 1 fully saturated rings. The number of benzene rings is 1. The maximum Gasteiger partial charge on any atom is 0.431 e. The quantitative estimate of drug-likeness (QED) is 0.495. The van der Waals surface area contributed by atoms with E-state index in [1.165, 1.54) is 5.01 Å². The van der Waals surface area contributed by atoms with Gasteiger partial charge in [0, 0.05) is 37.9 Å². The van der Waals surface area contributed by atoms with Crippen LogP contribution in [0, 0.1) is 5.92 Å². The first kappa shape index (κ1) is 24.4. The van der Waals surface area contributed by atoms with E-state index in [0.29, 0.717) is 34.6 Å². The lowest BCUT2D eigenvalue weighted by Crippen LogP contribution is -2.38. The van der Waals surface area contributed by atoms with Crippen molar-refractivity contribution in [2.24, 2.45) is 11.0 Å². The Morgan fingerprint density at radius 1 is 1.09 bits per heavy atom. The van der Waals surface area contributed by atoms with Crippen molar-refractivity contribution in [2.45, 2.75) is 51.4 Å². The minimum Gasteiger partial charge on any atom is -0.490 e. The van der Waals surface area contributed by atoms with E-state index < -0.39 is 17.8 Å². The smallest absolute Gasteiger partial charge is 0.431 e. The molecule has 6 nitrogen and oxygen atoms in total. The molecule has 1 saturated heterocycles. The van der Waals surface area contributed by atoms with E-state index in [1.807, 2.05) is 6.92 Å². The predicted molar refractivity (Wildman–Crippen MR) is 127 cm³/mol. The van der Waals surface area contributed by atoms with Crippen LogP contribution in [0.3, 0.4) is 0 Å². The van der Waals surface area contributed by atoms with Crippen molar-refractivity contribution in [3.63, 3.8) is 0 Å². The molecule has 2 aliphatic heterocycles. The summed E-state index contributed by atoms with van der Waals surface area (Å²) >= 11 is 6.32. The van der Waals surface area contributed by atoms with Gasteiger partial charge in [-0.3, -0.25) is 5.01 Å². The SMILES string of the molecule is CC[C@H]1C(C)C(C(F)(F)F)=NN1c1ccc(OC2CCN(c3nc(OC)ccc3Cl)CC2)cc1. The van der Waals surface area contributed by atoms with Gasteiger partial charge >= 0.3 is 6.18 Å². The number of hydrazone groups is 1. The van der Waals surface area contributed by atoms with Gasteiger partial charge in [0.05, 0.1) is 23.9 Å².